The van der Waals surface area contributed by atoms with Crippen LogP contribution in [0, 0.1) is 11.8 Å². The minimum Gasteiger partial charge on any atom is -0.450 e. The average molecular weight is 280 g/mol. The van der Waals surface area contributed by atoms with Gasteiger partial charge in [0.05, 0.1) is 0 Å². The summed E-state index contributed by atoms with van der Waals surface area (Å²) in [5.41, 5.74) is -0.441. The first-order chi connectivity index (χ1) is 9.45. The number of ether oxygens (including phenoxy) is 1. The zero-order valence-corrected chi connectivity index (χ0v) is 13.9. The summed E-state index contributed by atoms with van der Waals surface area (Å²) < 4.78 is 5.12. The van der Waals surface area contributed by atoms with Crippen LogP contribution in [0.25, 0.3) is 0 Å². The molecule has 0 spiro atoms. The minimum absolute atomic E-state index is 0.409. The lowest BCUT2D eigenvalue weighted by Crippen LogP contribution is -2.22. The second kappa shape index (κ2) is 11.8. The van der Waals surface area contributed by atoms with Gasteiger partial charge >= 0.3 is 5.97 Å². The molecule has 0 aliphatic heterocycles. The summed E-state index contributed by atoms with van der Waals surface area (Å²) in [4.78, 5) is 11.3. The van der Waals surface area contributed by atoms with Crippen LogP contribution >= 0.6 is 0 Å². The summed E-state index contributed by atoms with van der Waals surface area (Å²) >= 11 is 0. The number of rotatable bonds is 9. The van der Waals surface area contributed by atoms with Crippen LogP contribution in [0.15, 0.2) is 0 Å². The van der Waals surface area contributed by atoms with Gasteiger partial charge in [-0.2, -0.15) is 0 Å². The second-order valence-electron chi connectivity index (χ2n) is 6.38. The number of hydrogen-bond donors (Lipinski definition) is 0. The fourth-order valence-electron chi connectivity index (χ4n) is 1.96. The Morgan fingerprint density at radius 3 is 1.90 bits per heavy atom. The van der Waals surface area contributed by atoms with Crippen molar-refractivity contribution in [1.82, 2.24) is 0 Å². The Bertz CT molecular complexity index is 302. The summed E-state index contributed by atoms with van der Waals surface area (Å²) in [6.45, 7) is 7.81. The van der Waals surface area contributed by atoms with Gasteiger partial charge in [-0.1, -0.05) is 64.2 Å². The van der Waals surface area contributed by atoms with Crippen LogP contribution < -0.4 is 0 Å². The highest BCUT2D eigenvalue weighted by Gasteiger charge is 2.13. The van der Waals surface area contributed by atoms with Crippen LogP contribution in [0.5, 0.6) is 0 Å². The van der Waals surface area contributed by atoms with E-state index < -0.39 is 11.6 Å². The van der Waals surface area contributed by atoms with Gasteiger partial charge in [0.2, 0.25) is 0 Å². The standard InChI is InChI=1S/C18H32O2/c1-5-6-7-8-9-10-11-12-13-14-15-16-17(19)20-18(2,3)4/h5-14H2,1-4H3. The molecule has 0 aliphatic rings. The summed E-state index contributed by atoms with van der Waals surface area (Å²) in [5, 5.41) is 0. The monoisotopic (exact) mass is 280 g/mol. The molecule has 0 aliphatic carbocycles. The Morgan fingerprint density at radius 1 is 0.900 bits per heavy atom. The molecule has 0 aromatic carbocycles. The lowest BCUT2D eigenvalue weighted by molar-refractivity contribution is -0.147. The van der Waals surface area contributed by atoms with E-state index in [1.165, 1.54) is 51.4 Å². The molecule has 0 rings (SSSR count). The zero-order chi connectivity index (χ0) is 15.3. The van der Waals surface area contributed by atoms with E-state index >= 15 is 0 Å². The predicted octanol–water partition coefficient (Wildman–Crippen LogP) is 5.25. The maximum Gasteiger partial charge on any atom is 0.384 e. The summed E-state index contributed by atoms with van der Waals surface area (Å²) in [6, 6.07) is 0. The van der Waals surface area contributed by atoms with Crippen LogP contribution in [0.2, 0.25) is 0 Å². The normalized spacial score (nSPS) is 10.8. The zero-order valence-electron chi connectivity index (χ0n) is 13.9. The van der Waals surface area contributed by atoms with Crippen LogP contribution in [-0.2, 0) is 9.53 Å². The molecule has 2 heteroatoms. The molecular weight excluding hydrogens is 248 g/mol. The maximum atomic E-state index is 11.3. The maximum absolute atomic E-state index is 11.3. The van der Waals surface area contributed by atoms with Gasteiger partial charge in [-0.25, -0.2) is 4.79 Å². The van der Waals surface area contributed by atoms with E-state index in [9.17, 15) is 4.79 Å². The van der Waals surface area contributed by atoms with E-state index in [-0.39, 0.29) is 0 Å². The van der Waals surface area contributed by atoms with Gasteiger partial charge < -0.3 is 4.74 Å². The van der Waals surface area contributed by atoms with E-state index in [0.717, 1.165) is 12.8 Å². The fourth-order valence-corrected chi connectivity index (χ4v) is 1.96. The van der Waals surface area contributed by atoms with Crippen molar-refractivity contribution in [3.63, 3.8) is 0 Å². The molecule has 0 radical (unpaired) electrons. The number of hydrogen-bond acceptors (Lipinski definition) is 2. The molecule has 0 unspecified atom stereocenters. The third kappa shape index (κ3) is 15.1. The van der Waals surface area contributed by atoms with Crippen molar-refractivity contribution in [3.05, 3.63) is 0 Å². The first-order valence-corrected chi connectivity index (χ1v) is 8.17. The fraction of sp³-hybridized carbons (Fsp3) is 0.833. The van der Waals surface area contributed by atoms with Gasteiger partial charge in [0.15, 0.2) is 0 Å². The molecule has 0 heterocycles. The molecule has 0 saturated carbocycles. The largest absolute Gasteiger partial charge is 0.450 e. The molecule has 0 aromatic heterocycles. The summed E-state index contributed by atoms with van der Waals surface area (Å²) in [6.07, 6.45) is 12.6. The number of unbranched alkanes of at least 4 members (excludes halogenated alkanes) is 9. The Labute approximate surface area is 125 Å². The third-order valence-corrected chi connectivity index (χ3v) is 2.99. The van der Waals surface area contributed by atoms with E-state index in [0.29, 0.717) is 0 Å². The van der Waals surface area contributed by atoms with Gasteiger partial charge in [0.25, 0.3) is 0 Å². The molecule has 0 amide bonds. The van der Waals surface area contributed by atoms with E-state index in [1.54, 1.807) is 0 Å². The quantitative estimate of drug-likeness (QED) is 0.249. The van der Waals surface area contributed by atoms with Gasteiger partial charge in [0.1, 0.15) is 5.60 Å². The Kier molecular flexibility index (Phi) is 11.3. The molecule has 0 aromatic rings. The topological polar surface area (TPSA) is 26.3 Å². The summed E-state index contributed by atoms with van der Waals surface area (Å²) in [5.74, 6) is 5.05. The van der Waals surface area contributed by atoms with Crippen molar-refractivity contribution in [2.75, 3.05) is 0 Å². The van der Waals surface area contributed by atoms with Gasteiger partial charge in [0, 0.05) is 12.3 Å². The molecule has 116 valence electrons. The van der Waals surface area contributed by atoms with E-state index in [2.05, 4.69) is 18.8 Å². The minimum atomic E-state index is -0.441. The van der Waals surface area contributed by atoms with Crippen LogP contribution in [0.4, 0.5) is 0 Å². The Morgan fingerprint density at radius 2 is 1.40 bits per heavy atom. The van der Waals surface area contributed by atoms with Crippen molar-refractivity contribution in [3.8, 4) is 11.8 Å². The highest BCUT2D eigenvalue weighted by Crippen LogP contribution is 2.10. The predicted molar refractivity (Wildman–Crippen MR) is 85.5 cm³/mol. The van der Waals surface area contributed by atoms with Crippen molar-refractivity contribution in [1.29, 1.82) is 0 Å². The van der Waals surface area contributed by atoms with Gasteiger partial charge in [-0.15, -0.1) is 0 Å². The lowest BCUT2D eigenvalue weighted by Gasteiger charge is -2.16. The molecule has 0 atom stereocenters. The van der Waals surface area contributed by atoms with Gasteiger partial charge in [-0.05, 0) is 27.2 Å². The van der Waals surface area contributed by atoms with Crippen LogP contribution in [0.3, 0.4) is 0 Å². The highest BCUT2D eigenvalue weighted by atomic mass is 16.6. The number of carbonyl (C=O) groups excluding carboxylic acids is 1. The number of carbonyl (C=O) groups is 1. The first kappa shape index (κ1) is 19.0. The Balaban J connectivity index is 3.38. The average Bonchev–Trinajstić information content (AvgIpc) is 2.34. The molecule has 2 nitrogen and oxygen atoms in total. The molecular formula is C18H32O2. The molecule has 0 fully saturated rings. The molecule has 0 N–H and O–H groups in total. The van der Waals surface area contributed by atoms with Crippen LogP contribution in [-0.4, -0.2) is 11.6 Å². The Hall–Kier alpha value is -0.970. The highest BCUT2D eigenvalue weighted by molar-refractivity contribution is 5.88. The second-order valence-corrected chi connectivity index (χ2v) is 6.38. The smallest absolute Gasteiger partial charge is 0.384 e. The number of esters is 1. The van der Waals surface area contributed by atoms with Crippen molar-refractivity contribution >= 4 is 5.97 Å². The van der Waals surface area contributed by atoms with Crippen molar-refractivity contribution < 1.29 is 9.53 Å². The first-order valence-electron chi connectivity index (χ1n) is 8.17. The van der Waals surface area contributed by atoms with E-state index in [4.69, 9.17) is 4.74 Å². The van der Waals surface area contributed by atoms with Crippen LogP contribution in [0.1, 0.15) is 91.9 Å². The molecule has 0 saturated heterocycles. The lowest BCUT2D eigenvalue weighted by atomic mass is 10.1. The van der Waals surface area contributed by atoms with E-state index in [1.807, 2.05) is 20.8 Å². The molecule has 20 heavy (non-hydrogen) atoms. The molecule has 0 bridgehead atoms. The summed E-state index contributed by atoms with van der Waals surface area (Å²) in [7, 11) is 0. The third-order valence-electron chi connectivity index (χ3n) is 2.99. The van der Waals surface area contributed by atoms with Crippen molar-refractivity contribution in [2.24, 2.45) is 0 Å². The van der Waals surface area contributed by atoms with Crippen molar-refractivity contribution in [2.45, 2.75) is 97.5 Å². The van der Waals surface area contributed by atoms with Gasteiger partial charge in [-0.3, -0.25) is 0 Å². The SMILES string of the molecule is CCCCCCCCCCCC#CC(=O)OC(C)(C)C.